The quantitative estimate of drug-likeness (QED) is 0.365. The zero-order valence-corrected chi connectivity index (χ0v) is 14.6. The lowest BCUT2D eigenvalue weighted by Gasteiger charge is -2.17. The van der Waals surface area contributed by atoms with Crippen LogP contribution in [-0.2, 0) is 25.4 Å². The van der Waals surface area contributed by atoms with Crippen molar-refractivity contribution in [3.05, 3.63) is 34.3 Å². The summed E-state index contributed by atoms with van der Waals surface area (Å²) in [6, 6.07) is 5.92. The lowest BCUT2D eigenvalue weighted by Crippen LogP contribution is -2.09. The Labute approximate surface area is 143 Å². The molecule has 1 aromatic carbocycles. The van der Waals surface area contributed by atoms with Crippen LogP contribution in [0.15, 0.2) is 18.2 Å². The van der Waals surface area contributed by atoms with Gasteiger partial charge in [-0.15, -0.1) is 0 Å². The van der Waals surface area contributed by atoms with E-state index in [1.54, 1.807) is 0 Å². The minimum absolute atomic E-state index is 0.0107. The Balaban J connectivity index is 1.85. The van der Waals surface area contributed by atoms with E-state index in [0.29, 0.717) is 19.6 Å². The maximum absolute atomic E-state index is 11.4. The number of unbranched alkanes of at least 4 members (excludes halogenated alkanes) is 1. The van der Waals surface area contributed by atoms with Gasteiger partial charge in [-0.1, -0.05) is 17.7 Å². The maximum atomic E-state index is 11.4. The predicted molar refractivity (Wildman–Crippen MR) is 89.7 cm³/mol. The van der Waals surface area contributed by atoms with Gasteiger partial charge in [-0.3, -0.25) is 4.79 Å². The summed E-state index contributed by atoms with van der Waals surface area (Å²) in [5.74, 6) is -0.125. The molecule has 0 aromatic heterocycles. The molecule has 23 heavy (non-hydrogen) atoms. The Morgan fingerprint density at radius 1 is 1.43 bits per heavy atom. The molecule has 1 aromatic rings. The van der Waals surface area contributed by atoms with Gasteiger partial charge >= 0.3 is 5.97 Å². The molecule has 1 aliphatic rings. The molecule has 1 heterocycles. The molecule has 5 heteroatoms. The summed E-state index contributed by atoms with van der Waals surface area (Å²) in [6.45, 7) is 5.74. The number of rotatable bonds is 10. The van der Waals surface area contributed by atoms with Crippen LogP contribution >= 0.6 is 11.6 Å². The van der Waals surface area contributed by atoms with Crippen molar-refractivity contribution in [1.82, 2.24) is 0 Å². The number of ether oxygens (including phenoxy) is 3. The normalized spacial score (nSPS) is 17.8. The van der Waals surface area contributed by atoms with Gasteiger partial charge in [0.25, 0.3) is 0 Å². The number of carbonyl (C=O) groups is 1. The highest BCUT2D eigenvalue weighted by Gasteiger charge is 2.24. The van der Waals surface area contributed by atoms with Gasteiger partial charge in [0.15, 0.2) is 0 Å². The first-order valence-corrected chi connectivity index (χ1v) is 8.65. The lowest BCUT2D eigenvalue weighted by molar-refractivity contribution is -0.143. The van der Waals surface area contributed by atoms with Gasteiger partial charge in [-0.2, -0.15) is 0 Å². The van der Waals surface area contributed by atoms with Gasteiger partial charge in [0.05, 0.1) is 25.9 Å². The highest BCUT2D eigenvalue weighted by atomic mass is 35.5. The van der Waals surface area contributed by atoms with Gasteiger partial charge in [-0.25, -0.2) is 0 Å². The Morgan fingerprint density at radius 2 is 2.22 bits per heavy atom. The highest BCUT2D eigenvalue weighted by Crippen LogP contribution is 2.27. The van der Waals surface area contributed by atoms with Gasteiger partial charge in [0, 0.05) is 11.4 Å². The Hall–Kier alpha value is -1.10. The second kappa shape index (κ2) is 9.26. The van der Waals surface area contributed by atoms with Crippen LogP contribution in [0, 0.1) is 0 Å². The van der Waals surface area contributed by atoms with Crippen molar-refractivity contribution >= 4 is 17.6 Å². The van der Waals surface area contributed by atoms with Crippen LogP contribution in [0.3, 0.4) is 0 Å². The van der Waals surface area contributed by atoms with E-state index in [0.717, 1.165) is 36.5 Å². The molecule has 4 nitrogen and oxygen atoms in total. The Morgan fingerprint density at radius 3 is 2.91 bits per heavy atom. The molecule has 0 saturated carbocycles. The summed E-state index contributed by atoms with van der Waals surface area (Å²) in [5, 5.41) is 0.729. The topological polar surface area (TPSA) is 48.1 Å². The van der Waals surface area contributed by atoms with E-state index >= 15 is 0 Å². The van der Waals surface area contributed by atoms with Gasteiger partial charge < -0.3 is 14.2 Å². The smallest absolute Gasteiger partial charge is 0.305 e. The van der Waals surface area contributed by atoms with E-state index in [9.17, 15) is 4.79 Å². The average molecular weight is 341 g/mol. The van der Waals surface area contributed by atoms with Crippen LogP contribution in [0.5, 0.6) is 0 Å². The summed E-state index contributed by atoms with van der Waals surface area (Å²) >= 11 is 6.13. The number of aryl methyl sites for hydroxylation is 1. The van der Waals surface area contributed by atoms with Crippen LogP contribution in [0.1, 0.15) is 50.3 Å². The zero-order valence-electron chi connectivity index (χ0n) is 13.8. The molecule has 2 rings (SSSR count). The van der Waals surface area contributed by atoms with Crippen molar-refractivity contribution in [3.8, 4) is 0 Å². The van der Waals surface area contributed by atoms with Crippen molar-refractivity contribution in [2.75, 3.05) is 19.8 Å². The Kier molecular flexibility index (Phi) is 7.34. The van der Waals surface area contributed by atoms with Gasteiger partial charge in [0.1, 0.15) is 6.10 Å². The van der Waals surface area contributed by atoms with E-state index in [1.807, 2.05) is 32.0 Å². The van der Waals surface area contributed by atoms with Crippen molar-refractivity contribution in [2.24, 2.45) is 0 Å². The standard InChI is InChI=1S/C18H25ClO4/c1-3-21-18(20)7-5-4-6-14-10-15(19)8-9-17(14)13(2)22-11-16-12-23-16/h8-10,13,16H,3-7,11-12H2,1-2H3/t13-,16+/m1/s1. The van der Waals surface area contributed by atoms with Crippen molar-refractivity contribution in [1.29, 1.82) is 0 Å². The van der Waals surface area contributed by atoms with E-state index in [-0.39, 0.29) is 18.2 Å². The highest BCUT2D eigenvalue weighted by molar-refractivity contribution is 6.30. The molecule has 128 valence electrons. The first-order chi connectivity index (χ1) is 11.1. The number of halogens is 1. The molecule has 1 aliphatic heterocycles. The number of carbonyl (C=O) groups excluding carboxylic acids is 1. The molecule has 0 aliphatic carbocycles. The second-order valence-electron chi connectivity index (χ2n) is 5.79. The third-order valence-electron chi connectivity index (χ3n) is 3.86. The average Bonchev–Trinajstić information content (AvgIpc) is 3.34. The van der Waals surface area contributed by atoms with Gasteiger partial charge in [-0.05, 0) is 56.4 Å². The molecule has 0 bridgehead atoms. The van der Waals surface area contributed by atoms with Crippen LogP contribution in [0.4, 0.5) is 0 Å². The molecule has 2 atom stereocenters. The van der Waals surface area contributed by atoms with Crippen molar-refractivity contribution < 1.29 is 19.0 Å². The zero-order chi connectivity index (χ0) is 16.7. The number of benzene rings is 1. The molecule has 0 radical (unpaired) electrons. The van der Waals surface area contributed by atoms with Crippen LogP contribution in [0.2, 0.25) is 5.02 Å². The fourth-order valence-electron chi connectivity index (χ4n) is 2.51. The fraction of sp³-hybridized carbons (Fsp3) is 0.611. The Bertz CT molecular complexity index is 514. The van der Waals surface area contributed by atoms with E-state index < -0.39 is 0 Å². The third kappa shape index (κ3) is 6.50. The number of epoxide rings is 1. The summed E-state index contributed by atoms with van der Waals surface area (Å²) in [7, 11) is 0. The molecular formula is C18H25ClO4. The van der Waals surface area contributed by atoms with E-state index in [4.69, 9.17) is 25.8 Å². The predicted octanol–water partition coefficient (Wildman–Crippen LogP) is 4.09. The minimum atomic E-state index is -0.125. The largest absolute Gasteiger partial charge is 0.466 e. The molecular weight excluding hydrogens is 316 g/mol. The molecule has 1 fully saturated rings. The third-order valence-corrected chi connectivity index (χ3v) is 4.09. The van der Waals surface area contributed by atoms with Crippen LogP contribution in [-0.4, -0.2) is 31.9 Å². The summed E-state index contributed by atoms with van der Waals surface area (Å²) in [4.78, 5) is 11.4. The first kappa shape index (κ1) is 18.2. The monoisotopic (exact) mass is 340 g/mol. The van der Waals surface area contributed by atoms with E-state index in [1.165, 1.54) is 5.56 Å². The summed E-state index contributed by atoms with van der Waals surface area (Å²) in [6.07, 6.45) is 3.35. The second-order valence-corrected chi connectivity index (χ2v) is 6.22. The summed E-state index contributed by atoms with van der Waals surface area (Å²) < 4.78 is 16.0. The molecule has 0 unspecified atom stereocenters. The summed E-state index contributed by atoms with van der Waals surface area (Å²) in [5.41, 5.74) is 2.34. The number of hydrogen-bond acceptors (Lipinski definition) is 4. The van der Waals surface area contributed by atoms with Gasteiger partial charge in [0.2, 0.25) is 0 Å². The van der Waals surface area contributed by atoms with Crippen molar-refractivity contribution in [2.45, 2.75) is 51.7 Å². The molecule has 0 spiro atoms. The maximum Gasteiger partial charge on any atom is 0.305 e. The molecule has 1 saturated heterocycles. The fourth-order valence-corrected chi connectivity index (χ4v) is 2.71. The minimum Gasteiger partial charge on any atom is -0.466 e. The number of hydrogen-bond donors (Lipinski definition) is 0. The molecule has 0 amide bonds. The first-order valence-electron chi connectivity index (χ1n) is 8.27. The van der Waals surface area contributed by atoms with Crippen LogP contribution in [0.25, 0.3) is 0 Å². The lowest BCUT2D eigenvalue weighted by atomic mass is 9.98. The number of esters is 1. The van der Waals surface area contributed by atoms with Crippen LogP contribution < -0.4 is 0 Å². The van der Waals surface area contributed by atoms with E-state index in [2.05, 4.69) is 0 Å². The SMILES string of the molecule is CCOC(=O)CCCCc1cc(Cl)ccc1[C@@H](C)OC[C@H]1CO1. The van der Waals surface area contributed by atoms with Crippen molar-refractivity contribution in [3.63, 3.8) is 0 Å². The molecule has 0 N–H and O–H groups in total.